The molecule has 1 fully saturated rings. The molecule has 38 heavy (non-hydrogen) atoms. The number of hydrogen-bond acceptors (Lipinski definition) is 7. The zero-order valence-electron chi connectivity index (χ0n) is 23.2. The quantitative estimate of drug-likeness (QED) is 0.439. The second-order valence-electron chi connectivity index (χ2n) is 9.14. The first-order valence-corrected chi connectivity index (χ1v) is 13.6. The summed E-state index contributed by atoms with van der Waals surface area (Å²) in [5.41, 5.74) is 2.93. The highest BCUT2D eigenvalue weighted by molar-refractivity contribution is 5.94. The van der Waals surface area contributed by atoms with E-state index in [1.807, 2.05) is 39.0 Å². The fourth-order valence-electron chi connectivity index (χ4n) is 4.66. The number of ether oxygens (including phenoxy) is 2. The van der Waals surface area contributed by atoms with Crippen molar-refractivity contribution in [2.45, 2.75) is 59.8 Å². The van der Waals surface area contributed by atoms with Crippen LogP contribution in [0.5, 0.6) is 11.6 Å². The van der Waals surface area contributed by atoms with Gasteiger partial charge in [-0.3, -0.25) is 9.78 Å². The van der Waals surface area contributed by atoms with Gasteiger partial charge in [0.15, 0.2) is 18.2 Å². The molecule has 5 rings (SSSR count). The third-order valence-corrected chi connectivity index (χ3v) is 6.59. The van der Waals surface area contributed by atoms with Crippen LogP contribution in [0.1, 0.15) is 58.2 Å². The maximum atomic E-state index is 14.3. The standard InChI is InChI=1S/C18H24FN3O.C9H10N2O2.C2H6/c1-3-4-13-7-9-22(12-13)10-8-14-15(19)11-20-16-5-6-17(23-2)21-18(14)16;1-2-6-3-4-7-9(10-6)11-8(12)5-13-7;1-2/h5-6,11,13H,3-4,7-10,12H2,1-2H3;3-4H,2,5H2,1H3,(H,10,11,12);1-2H3. The first-order valence-electron chi connectivity index (χ1n) is 13.6. The van der Waals surface area contributed by atoms with E-state index >= 15 is 0 Å². The Balaban J connectivity index is 0.000000225. The van der Waals surface area contributed by atoms with E-state index in [0.717, 1.165) is 37.7 Å². The Kier molecular flexibility index (Phi) is 11.2. The summed E-state index contributed by atoms with van der Waals surface area (Å²) in [7, 11) is 1.57. The van der Waals surface area contributed by atoms with E-state index in [1.165, 1.54) is 25.5 Å². The fraction of sp³-hybridized carbons (Fsp3) is 0.517. The van der Waals surface area contributed by atoms with E-state index in [0.29, 0.717) is 40.5 Å². The van der Waals surface area contributed by atoms with Gasteiger partial charge in [-0.05, 0) is 56.3 Å². The fourth-order valence-corrected chi connectivity index (χ4v) is 4.66. The number of fused-ring (bicyclic) bond motifs is 2. The number of hydrogen-bond donors (Lipinski definition) is 1. The second kappa shape index (κ2) is 14.6. The van der Waals surface area contributed by atoms with E-state index in [1.54, 1.807) is 13.2 Å². The molecule has 1 amide bonds. The van der Waals surface area contributed by atoms with Crippen LogP contribution in [0, 0.1) is 11.7 Å². The molecule has 2 aliphatic rings. The number of methoxy groups -OCH3 is 1. The van der Waals surface area contributed by atoms with Crippen molar-refractivity contribution in [2.24, 2.45) is 5.92 Å². The van der Waals surface area contributed by atoms with Crippen LogP contribution in [-0.4, -0.2) is 59.1 Å². The molecule has 1 atom stereocenters. The van der Waals surface area contributed by atoms with E-state index in [-0.39, 0.29) is 18.3 Å². The van der Waals surface area contributed by atoms with Gasteiger partial charge in [0.2, 0.25) is 5.88 Å². The summed E-state index contributed by atoms with van der Waals surface area (Å²) >= 11 is 0. The van der Waals surface area contributed by atoms with Gasteiger partial charge in [0.05, 0.1) is 24.3 Å². The second-order valence-corrected chi connectivity index (χ2v) is 9.14. The lowest BCUT2D eigenvalue weighted by molar-refractivity contribution is -0.118. The first-order chi connectivity index (χ1) is 18.5. The van der Waals surface area contributed by atoms with Crippen LogP contribution in [0.2, 0.25) is 0 Å². The van der Waals surface area contributed by atoms with Crippen LogP contribution in [0.15, 0.2) is 30.5 Å². The number of anilines is 1. The van der Waals surface area contributed by atoms with Crippen LogP contribution in [-0.2, 0) is 17.6 Å². The molecule has 3 aromatic rings. The minimum absolute atomic E-state index is 0.0835. The van der Waals surface area contributed by atoms with E-state index in [9.17, 15) is 9.18 Å². The van der Waals surface area contributed by atoms with Crippen molar-refractivity contribution in [1.82, 2.24) is 19.9 Å². The zero-order valence-corrected chi connectivity index (χ0v) is 23.2. The maximum absolute atomic E-state index is 14.3. The summed E-state index contributed by atoms with van der Waals surface area (Å²) < 4.78 is 24.6. The third kappa shape index (κ3) is 7.60. The molecule has 0 bridgehead atoms. The molecule has 8 nitrogen and oxygen atoms in total. The molecule has 5 heterocycles. The minimum atomic E-state index is -0.275. The molecule has 2 aliphatic heterocycles. The summed E-state index contributed by atoms with van der Waals surface area (Å²) in [6, 6.07) is 7.32. The van der Waals surface area contributed by atoms with Gasteiger partial charge < -0.3 is 19.7 Å². The zero-order chi connectivity index (χ0) is 27.5. The number of nitrogens with zero attached hydrogens (tertiary/aromatic N) is 4. The highest BCUT2D eigenvalue weighted by Gasteiger charge is 2.22. The van der Waals surface area contributed by atoms with Crippen molar-refractivity contribution in [3.8, 4) is 11.6 Å². The minimum Gasteiger partial charge on any atom is -0.481 e. The Morgan fingerprint density at radius 1 is 1.18 bits per heavy atom. The van der Waals surface area contributed by atoms with Gasteiger partial charge in [-0.1, -0.05) is 34.1 Å². The maximum Gasteiger partial charge on any atom is 0.263 e. The van der Waals surface area contributed by atoms with E-state index < -0.39 is 0 Å². The molecule has 1 saturated heterocycles. The van der Waals surface area contributed by atoms with Crippen molar-refractivity contribution >= 4 is 22.8 Å². The number of aromatic nitrogens is 3. The number of carbonyl (C=O) groups excluding carboxylic acids is 1. The monoisotopic (exact) mass is 525 g/mol. The third-order valence-electron chi connectivity index (χ3n) is 6.59. The number of halogens is 1. The molecule has 3 aromatic heterocycles. The molecular weight excluding hydrogens is 485 g/mol. The van der Waals surface area contributed by atoms with Crippen molar-refractivity contribution < 1.29 is 18.7 Å². The van der Waals surface area contributed by atoms with E-state index in [2.05, 4.69) is 32.1 Å². The summed E-state index contributed by atoms with van der Waals surface area (Å²) in [5.74, 6) is 2.07. The number of aryl methyl sites for hydroxylation is 1. The lowest BCUT2D eigenvalue weighted by Crippen LogP contribution is -2.26. The number of nitrogens with one attached hydrogen (secondary N) is 1. The molecule has 1 unspecified atom stereocenters. The smallest absolute Gasteiger partial charge is 0.263 e. The molecular formula is C29H40FN5O3. The largest absolute Gasteiger partial charge is 0.481 e. The van der Waals surface area contributed by atoms with Crippen LogP contribution in [0.25, 0.3) is 11.0 Å². The van der Waals surface area contributed by atoms with Gasteiger partial charge in [-0.25, -0.2) is 14.4 Å². The van der Waals surface area contributed by atoms with Gasteiger partial charge in [-0.2, -0.15) is 0 Å². The van der Waals surface area contributed by atoms with Gasteiger partial charge >= 0.3 is 0 Å². The predicted octanol–water partition coefficient (Wildman–Crippen LogP) is 5.44. The topological polar surface area (TPSA) is 89.5 Å². The van der Waals surface area contributed by atoms with Crippen LogP contribution >= 0.6 is 0 Å². The number of carbonyl (C=O) groups is 1. The summed E-state index contributed by atoms with van der Waals surface area (Å²) in [5, 5.41) is 2.66. The molecule has 9 heteroatoms. The Labute approximate surface area is 225 Å². The van der Waals surface area contributed by atoms with Gasteiger partial charge in [-0.15, -0.1) is 0 Å². The lowest BCUT2D eigenvalue weighted by Gasteiger charge is -2.16. The summed E-state index contributed by atoms with van der Waals surface area (Å²) in [6.07, 6.45) is 6.61. The molecule has 0 aromatic carbocycles. The van der Waals surface area contributed by atoms with Crippen molar-refractivity contribution in [3.05, 3.63) is 47.5 Å². The van der Waals surface area contributed by atoms with Crippen LogP contribution in [0.4, 0.5) is 10.2 Å². The molecule has 1 N–H and O–H groups in total. The summed E-state index contributed by atoms with van der Waals surface area (Å²) in [6.45, 7) is 11.5. The number of amides is 1. The SMILES string of the molecule is CC.CCCC1CCN(CCc2c(F)cnc3ccc(OC)nc23)C1.CCc1ccc2c(n1)NC(=O)CO2. The normalized spacial score (nSPS) is 16.4. The van der Waals surface area contributed by atoms with Gasteiger partial charge in [0, 0.05) is 30.4 Å². The molecule has 0 aliphatic carbocycles. The lowest BCUT2D eigenvalue weighted by atomic mass is 10.0. The van der Waals surface area contributed by atoms with Crippen molar-refractivity contribution in [2.75, 3.05) is 38.7 Å². The molecule has 0 saturated carbocycles. The average Bonchev–Trinajstić information content (AvgIpc) is 3.40. The van der Waals surface area contributed by atoms with Crippen LogP contribution in [0.3, 0.4) is 0 Å². The summed E-state index contributed by atoms with van der Waals surface area (Å²) in [4.78, 5) is 26.1. The number of likely N-dealkylation sites (tertiary alicyclic amines) is 1. The number of rotatable bonds is 7. The average molecular weight is 526 g/mol. The van der Waals surface area contributed by atoms with E-state index in [4.69, 9.17) is 9.47 Å². The van der Waals surface area contributed by atoms with Crippen molar-refractivity contribution in [3.63, 3.8) is 0 Å². The van der Waals surface area contributed by atoms with Gasteiger partial charge in [0.1, 0.15) is 5.82 Å². The molecule has 0 radical (unpaired) electrons. The molecule has 0 spiro atoms. The Hall–Kier alpha value is -3.33. The highest BCUT2D eigenvalue weighted by Crippen LogP contribution is 2.26. The van der Waals surface area contributed by atoms with Crippen molar-refractivity contribution in [1.29, 1.82) is 0 Å². The predicted molar refractivity (Wildman–Crippen MR) is 148 cm³/mol. The first kappa shape index (κ1) is 29.2. The van der Waals surface area contributed by atoms with Crippen LogP contribution < -0.4 is 14.8 Å². The van der Waals surface area contributed by atoms with Gasteiger partial charge in [0.25, 0.3) is 5.91 Å². The highest BCUT2D eigenvalue weighted by atomic mass is 19.1. The number of pyridine rings is 3. The Bertz CT molecular complexity index is 1210. The Morgan fingerprint density at radius 3 is 2.74 bits per heavy atom. The Morgan fingerprint density at radius 2 is 2.00 bits per heavy atom. The molecule has 206 valence electrons.